The van der Waals surface area contributed by atoms with Crippen molar-refractivity contribution in [1.82, 2.24) is 5.32 Å². The first kappa shape index (κ1) is 12.9. The van der Waals surface area contributed by atoms with E-state index in [-0.39, 0.29) is 25.0 Å². The third-order valence-corrected chi connectivity index (χ3v) is 2.36. The molecule has 1 fully saturated rings. The Balaban J connectivity index is 2.03. The van der Waals surface area contributed by atoms with Crippen LogP contribution in [0.5, 0.6) is 0 Å². The predicted octanol–water partition coefficient (Wildman–Crippen LogP) is -0.370. The second-order valence-electron chi connectivity index (χ2n) is 3.62. The number of amides is 1. The molecule has 0 radical (unpaired) electrons. The molecule has 16 heavy (non-hydrogen) atoms. The van der Waals surface area contributed by atoms with Gasteiger partial charge in [-0.05, 0) is 12.8 Å². The number of aliphatic carboxylic acids is 1. The van der Waals surface area contributed by atoms with Crippen LogP contribution < -0.4 is 5.32 Å². The molecule has 1 aliphatic rings. The maximum Gasteiger partial charge on any atom is 0.329 e. The highest BCUT2D eigenvalue weighted by molar-refractivity contribution is 5.78. The first-order valence-corrected chi connectivity index (χ1v) is 5.35. The van der Waals surface area contributed by atoms with Gasteiger partial charge in [0.15, 0.2) is 0 Å². The van der Waals surface area contributed by atoms with E-state index in [0.717, 1.165) is 12.8 Å². The summed E-state index contributed by atoms with van der Waals surface area (Å²) in [4.78, 5) is 21.7. The molecule has 0 aromatic carbocycles. The summed E-state index contributed by atoms with van der Waals surface area (Å²) in [6.45, 7) is 1.51. The normalized spacial score (nSPS) is 17.0. The van der Waals surface area contributed by atoms with Crippen molar-refractivity contribution in [3.05, 3.63) is 0 Å². The van der Waals surface area contributed by atoms with Gasteiger partial charge in [-0.2, -0.15) is 0 Å². The monoisotopic (exact) mass is 231 g/mol. The van der Waals surface area contributed by atoms with Crippen LogP contribution in [0, 0.1) is 5.92 Å². The van der Waals surface area contributed by atoms with E-state index in [0.29, 0.717) is 19.8 Å². The van der Waals surface area contributed by atoms with E-state index in [1.54, 1.807) is 0 Å². The average molecular weight is 231 g/mol. The second kappa shape index (κ2) is 7.19. The lowest BCUT2D eigenvalue weighted by molar-refractivity contribution is -0.142. The molecular weight excluding hydrogens is 214 g/mol. The molecule has 0 unspecified atom stereocenters. The van der Waals surface area contributed by atoms with Gasteiger partial charge in [-0.1, -0.05) is 0 Å². The van der Waals surface area contributed by atoms with Gasteiger partial charge in [0.05, 0.1) is 6.61 Å². The van der Waals surface area contributed by atoms with Gasteiger partial charge in [0.25, 0.3) is 0 Å². The molecule has 1 rings (SSSR count). The minimum atomic E-state index is -1.00. The van der Waals surface area contributed by atoms with Gasteiger partial charge in [0, 0.05) is 25.7 Å². The van der Waals surface area contributed by atoms with E-state index in [4.69, 9.17) is 14.6 Å². The van der Waals surface area contributed by atoms with Crippen LogP contribution in [0.25, 0.3) is 0 Å². The number of hydrogen-bond donors (Lipinski definition) is 2. The van der Waals surface area contributed by atoms with E-state index < -0.39 is 5.97 Å². The highest BCUT2D eigenvalue weighted by atomic mass is 16.5. The van der Waals surface area contributed by atoms with Crippen molar-refractivity contribution in [2.45, 2.75) is 12.8 Å². The SMILES string of the molecule is O=C(O)COCCNC(=O)C1CCOCC1. The summed E-state index contributed by atoms with van der Waals surface area (Å²) in [5.74, 6) is -0.980. The molecule has 1 aliphatic heterocycles. The minimum Gasteiger partial charge on any atom is -0.480 e. The molecule has 1 heterocycles. The fourth-order valence-electron chi connectivity index (χ4n) is 1.51. The van der Waals surface area contributed by atoms with Crippen LogP contribution in [0.2, 0.25) is 0 Å². The smallest absolute Gasteiger partial charge is 0.329 e. The molecule has 0 aliphatic carbocycles. The van der Waals surface area contributed by atoms with Gasteiger partial charge >= 0.3 is 5.97 Å². The summed E-state index contributed by atoms with van der Waals surface area (Å²) in [6.07, 6.45) is 1.50. The van der Waals surface area contributed by atoms with Gasteiger partial charge in [-0.3, -0.25) is 4.79 Å². The lowest BCUT2D eigenvalue weighted by Gasteiger charge is -2.21. The molecule has 6 nitrogen and oxygen atoms in total. The van der Waals surface area contributed by atoms with Gasteiger partial charge in [0.1, 0.15) is 6.61 Å². The molecule has 1 saturated heterocycles. The standard InChI is InChI=1S/C10H17NO5/c12-9(13)7-16-6-3-11-10(14)8-1-4-15-5-2-8/h8H,1-7H2,(H,11,14)(H,12,13). The molecule has 2 N–H and O–H groups in total. The van der Waals surface area contributed by atoms with Crippen molar-refractivity contribution < 1.29 is 24.2 Å². The molecule has 92 valence electrons. The largest absolute Gasteiger partial charge is 0.480 e. The van der Waals surface area contributed by atoms with Crippen molar-refractivity contribution in [3.8, 4) is 0 Å². The van der Waals surface area contributed by atoms with Crippen LogP contribution in [-0.2, 0) is 19.1 Å². The molecule has 6 heteroatoms. The number of ether oxygens (including phenoxy) is 2. The van der Waals surface area contributed by atoms with Gasteiger partial charge in [0.2, 0.25) is 5.91 Å². The number of carboxylic acids is 1. The van der Waals surface area contributed by atoms with Crippen LogP contribution in [0.1, 0.15) is 12.8 Å². The highest BCUT2D eigenvalue weighted by Crippen LogP contribution is 2.14. The Labute approximate surface area is 93.9 Å². The molecule has 0 aromatic heterocycles. The van der Waals surface area contributed by atoms with E-state index in [9.17, 15) is 9.59 Å². The van der Waals surface area contributed by atoms with Gasteiger partial charge in [-0.25, -0.2) is 4.79 Å². The summed E-state index contributed by atoms with van der Waals surface area (Å²) in [5, 5.41) is 11.0. The number of carbonyl (C=O) groups is 2. The zero-order valence-electron chi connectivity index (χ0n) is 9.11. The van der Waals surface area contributed by atoms with Crippen molar-refractivity contribution in [3.63, 3.8) is 0 Å². The molecular formula is C10H17NO5. The Bertz CT molecular complexity index is 237. The molecule has 0 aromatic rings. The number of carbonyl (C=O) groups excluding carboxylic acids is 1. The maximum atomic E-state index is 11.6. The summed E-state index contributed by atoms with van der Waals surface area (Å²) in [5.41, 5.74) is 0. The quantitative estimate of drug-likeness (QED) is 0.609. The predicted molar refractivity (Wildman–Crippen MR) is 55.0 cm³/mol. The van der Waals surface area contributed by atoms with Crippen LogP contribution in [0.4, 0.5) is 0 Å². The van der Waals surface area contributed by atoms with E-state index in [1.807, 2.05) is 0 Å². The average Bonchev–Trinajstić information content (AvgIpc) is 2.29. The van der Waals surface area contributed by atoms with Crippen molar-refractivity contribution in [2.75, 3.05) is 33.0 Å². The molecule has 0 spiro atoms. The molecule has 1 amide bonds. The lowest BCUT2D eigenvalue weighted by Crippen LogP contribution is -2.36. The second-order valence-corrected chi connectivity index (χ2v) is 3.62. The number of hydrogen-bond acceptors (Lipinski definition) is 4. The fourth-order valence-corrected chi connectivity index (χ4v) is 1.51. The zero-order valence-corrected chi connectivity index (χ0v) is 9.11. The fraction of sp³-hybridized carbons (Fsp3) is 0.800. The minimum absolute atomic E-state index is 0.00206. The molecule has 0 saturated carbocycles. The van der Waals surface area contributed by atoms with Crippen molar-refractivity contribution in [1.29, 1.82) is 0 Å². The van der Waals surface area contributed by atoms with E-state index >= 15 is 0 Å². The van der Waals surface area contributed by atoms with Crippen molar-refractivity contribution >= 4 is 11.9 Å². The number of rotatable bonds is 6. The van der Waals surface area contributed by atoms with Crippen LogP contribution in [0.3, 0.4) is 0 Å². The van der Waals surface area contributed by atoms with Crippen LogP contribution >= 0.6 is 0 Å². The van der Waals surface area contributed by atoms with Gasteiger partial charge < -0.3 is 19.9 Å². The highest BCUT2D eigenvalue weighted by Gasteiger charge is 2.20. The number of carboxylic acid groups (broad SMARTS) is 1. The number of nitrogens with one attached hydrogen (secondary N) is 1. The van der Waals surface area contributed by atoms with Gasteiger partial charge in [-0.15, -0.1) is 0 Å². The Morgan fingerprint density at radius 2 is 2.06 bits per heavy atom. The van der Waals surface area contributed by atoms with E-state index in [1.165, 1.54) is 0 Å². The summed E-state index contributed by atoms with van der Waals surface area (Å²) in [7, 11) is 0. The Hall–Kier alpha value is -1.14. The Morgan fingerprint density at radius 3 is 2.69 bits per heavy atom. The van der Waals surface area contributed by atoms with Crippen molar-refractivity contribution in [2.24, 2.45) is 5.92 Å². The summed E-state index contributed by atoms with van der Waals surface area (Å²) < 4.78 is 9.94. The summed E-state index contributed by atoms with van der Waals surface area (Å²) in [6, 6.07) is 0. The molecule has 0 atom stereocenters. The first-order valence-electron chi connectivity index (χ1n) is 5.35. The third-order valence-electron chi connectivity index (χ3n) is 2.36. The Kier molecular flexibility index (Phi) is 5.81. The summed E-state index contributed by atoms with van der Waals surface area (Å²) >= 11 is 0. The lowest BCUT2D eigenvalue weighted by atomic mass is 9.99. The third kappa shape index (κ3) is 5.09. The Morgan fingerprint density at radius 1 is 1.38 bits per heavy atom. The van der Waals surface area contributed by atoms with E-state index in [2.05, 4.69) is 5.32 Å². The topological polar surface area (TPSA) is 84.9 Å². The molecule has 0 bridgehead atoms. The maximum absolute atomic E-state index is 11.6. The zero-order chi connectivity index (χ0) is 11.8. The van der Waals surface area contributed by atoms with Crippen LogP contribution in [-0.4, -0.2) is 50.0 Å². The van der Waals surface area contributed by atoms with Crippen LogP contribution in [0.15, 0.2) is 0 Å². The first-order chi connectivity index (χ1) is 7.70.